The zero-order valence-electron chi connectivity index (χ0n) is 33.2. The number of carbonyl (C=O) groups is 2. The molecule has 0 saturated heterocycles. The number of hydrogen-bond donors (Lipinski definition) is 4. The van der Waals surface area contributed by atoms with Gasteiger partial charge in [-0.25, -0.2) is 0 Å². The van der Waals surface area contributed by atoms with E-state index in [1.807, 2.05) is 159 Å². The highest BCUT2D eigenvalue weighted by molar-refractivity contribution is 6.06. The van der Waals surface area contributed by atoms with Crippen LogP contribution in [-0.4, -0.2) is 34.5 Å². The fourth-order valence-electron chi connectivity index (χ4n) is 6.86. The molecule has 296 valence electrons. The molecule has 8 nitrogen and oxygen atoms in total. The van der Waals surface area contributed by atoms with E-state index in [0.717, 1.165) is 32.7 Å². The van der Waals surface area contributed by atoms with Gasteiger partial charge in [0.1, 0.15) is 11.5 Å². The van der Waals surface area contributed by atoms with Gasteiger partial charge in [0.05, 0.1) is 34.6 Å². The van der Waals surface area contributed by atoms with Crippen LogP contribution >= 0.6 is 0 Å². The van der Waals surface area contributed by atoms with Crippen LogP contribution < -0.4 is 10.6 Å². The van der Waals surface area contributed by atoms with Gasteiger partial charge in [0.2, 0.25) is 0 Å². The van der Waals surface area contributed by atoms with Crippen molar-refractivity contribution in [2.45, 2.75) is 25.9 Å². The summed E-state index contributed by atoms with van der Waals surface area (Å²) < 4.78 is 0. The predicted octanol–water partition coefficient (Wildman–Crippen LogP) is 11.6. The number of rotatable bonds is 10. The zero-order chi connectivity index (χ0) is 41.8. The number of aromatic hydroxyl groups is 2. The van der Waals surface area contributed by atoms with Crippen LogP contribution in [0.3, 0.4) is 0 Å². The van der Waals surface area contributed by atoms with Gasteiger partial charge in [0.25, 0.3) is 11.8 Å². The third-order valence-corrected chi connectivity index (χ3v) is 10.2. The smallest absolute Gasteiger partial charge is 0.253 e. The standard InChI is InChI=1S/2C26H22N2O2/c2*1-18(19-9-3-2-4-10-19)28-26(30)22-13-7-8-14-24(22)27-17-23-21-12-6-5-11-20(21)15-16-25(23)29/h2*2-18,29H,1H3,(H,28,30)/t2*18-/m10/s1. The summed E-state index contributed by atoms with van der Waals surface area (Å²) in [7, 11) is 0. The first-order valence-corrected chi connectivity index (χ1v) is 19.7. The largest absolute Gasteiger partial charge is 0.507 e. The number of aliphatic imine (C=N–C) groups is 2. The highest BCUT2D eigenvalue weighted by atomic mass is 16.3. The first-order valence-electron chi connectivity index (χ1n) is 19.7. The summed E-state index contributed by atoms with van der Waals surface area (Å²) in [6.07, 6.45) is 3.23. The van der Waals surface area contributed by atoms with Gasteiger partial charge in [0, 0.05) is 23.6 Å². The van der Waals surface area contributed by atoms with Gasteiger partial charge < -0.3 is 20.8 Å². The van der Waals surface area contributed by atoms with Crippen molar-refractivity contribution >= 4 is 57.2 Å². The minimum absolute atomic E-state index is 0.127. The lowest BCUT2D eigenvalue weighted by atomic mass is 10.0. The normalized spacial score (nSPS) is 12.2. The van der Waals surface area contributed by atoms with Gasteiger partial charge in [-0.3, -0.25) is 19.6 Å². The van der Waals surface area contributed by atoms with Crippen molar-refractivity contribution in [1.29, 1.82) is 0 Å². The minimum atomic E-state index is -0.193. The van der Waals surface area contributed by atoms with Crippen molar-refractivity contribution in [3.05, 3.63) is 215 Å². The highest BCUT2D eigenvalue weighted by Crippen LogP contribution is 2.29. The maximum Gasteiger partial charge on any atom is 0.253 e. The Morgan fingerprint density at radius 3 is 1.22 bits per heavy atom. The molecule has 0 bridgehead atoms. The number of nitrogens with one attached hydrogen (secondary N) is 2. The molecular weight excluding hydrogens is 745 g/mol. The van der Waals surface area contributed by atoms with Crippen LogP contribution in [0.4, 0.5) is 11.4 Å². The van der Waals surface area contributed by atoms with Crippen LogP contribution in [0.5, 0.6) is 11.5 Å². The first kappa shape index (κ1) is 40.4. The molecule has 0 heterocycles. The number of benzene rings is 8. The Labute approximate surface area is 349 Å². The summed E-state index contributed by atoms with van der Waals surface area (Å²) in [5.74, 6) is -0.0864. The fraction of sp³-hybridized carbons (Fsp3) is 0.0769. The lowest BCUT2D eigenvalue weighted by molar-refractivity contribution is 0.0932. The number of amides is 2. The van der Waals surface area contributed by atoms with Gasteiger partial charge in [0.15, 0.2) is 0 Å². The molecule has 2 amide bonds. The van der Waals surface area contributed by atoms with Gasteiger partial charge in [-0.2, -0.15) is 0 Å². The maximum absolute atomic E-state index is 12.9. The molecule has 0 saturated carbocycles. The van der Waals surface area contributed by atoms with Crippen molar-refractivity contribution in [2.75, 3.05) is 0 Å². The van der Waals surface area contributed by atoms with Crippen molar-refractivity contribution in [2.24, 2.45) is 9.98 Å². The molecular formula is C52H44N4O4. The van der Waals surface area contributed by atoms with E-state index in [-0.39, 0.29) is 35.4 Å². The number of fused-ring (bicyclic) bond motifs is 2. The number of carbonyl (C=O) groups excluding carboxylic acids is 2. The number of nitrogens with zero attached hydrogens (tertiary/aromatic N) is 2. The van der Waals surface area contributed by atoms with E-state index in [1.54, 1.807) is 48.8 Å². The van der Waals surface area contributed by atoms with E-state index in [2.05, 4.69) is 20.6 Å². The lowest BCUT2D eigenvalue weighted by Crippen LogP contribution is -2.26. The molecule has 0 aliphatic rings. The Morgan fingerprint density at radius 2 is 0.800 bits per heavy atom. The minimum Gasteiger partial charge on any atom is -0.507 e. The van der Waals surface area contributed by atoms with Gasteiger partial charge >= 0.3 is 0 Å². The van der Waals surface area contributed by atoms with Gasteiger partial charge in [-0.1, -0.05) is 146 Å². The Balaban J connectivity index is 0.000000181. The number of hydrogen-bond acceptors (Lipinski definition) is 6. The van der Waals surface area contributed by atoms with Crippen LogP contribution in [0.2, 0.25) is 0 Å². The van der Waals surface area contributed by atoms with Gasteiger partial charge in [-0.15, -0.1) is 0 Å². The Kier molecular flexibility index (Phi) is 12.8. The summed E-state index contributed by atoms with van der Waals surface area (Å²) in [5, 5.41) is 30.6. The second-order valence-corrected chi connectivity index (χ2v) is 14.2. The molecule has 8 heteroatoms. The number of phenols is 2. The van der Waals surface area contributed by atoms with E-state index in [9.17, 15) is 19.8 Å². The summed E-state index contributed by atoms with van der Waals surface area (Å²) in [5.41, 5.74) is 5.37. The average Bonchev–Trinajstić information content (AvgIpc) is 3.29. The highest BCUT2D eigenvalue weighted by Gasteiger charge is 2.16. The van der Waals surface area contributed by atoms with Gasteiger partial charge in [-0.05, 0) is 82.9 Å². The van der Waals surface area contributed by atoms with E-state index >= 15 is 0 Å². The molecule has 0 aromatic heterocycles. The molecule has 60 heavy (non-hydrogen) atoms. The summed E-state index contributed by atoms with van der Waals surface area (Å²) in [6.45, 7) is 3.90. The third kappa shape index (κ3) is 9.64. The molecule has 0 fully saturated rings. The zero-order valence-corrected chi connectivity index (χ0v) is 33.2. The van der Waals surface area contributed by atoms with Crippen LogP contribution in [0.25, 0.3) is 21.5 Å². The Morgan fingerprint density at radius 1 is 0.450 bits per heavy atom. The summed E-state index contributed by atoms with van der Waals surface area (Å²) in [4.78, 5) is 34.9. The third-order valence-electron chi connectivity index (χ3n) is 10.2. The second kappa shape index (κ2) is 19.1. The molecule has 8 aromatic carbocycles. The van der Waals surface area contributed by atoms with E-state index < -0.39 is 0 Å². The van der Waals surface area contributed by atoms with Crippen molar-refractivity contribution in [3.8, 4) is 11.5 Å². The van der Waals surface area contributed by atoms with Crippen molar-refractivity contribution < 1.29 is 19.8 Å². The molecule has 8 aromatic rings. The lowest BCUT2D eigenvalue weighted by Gasteiger charge is -2.15. The van der Waals surface area contributed by atoms with Crippen LogP contribution in [0, 0.1) is 0 Å². The number of para-hydroxylation sites is 2. The van der Waals surface area contributed by atoms with Crippen LogP contribution in [-0.2, 0) is 0 Å². The maximum atomic E-state index is 12.9. The molecule has 0 aliphatic heterocycles. The molecule has 0 radical (unpaired) electrons. The Bertz CT molecular complexity index is 2630. The monoisotopic (exact) mass is 788 g/mol. The molecule has 4 N–H and O–H groups in total. The van der Waals surface area contributed by atoms with E-state index in [0.29, 0.717) is 33.6 Å². The van der Waals surface area contributed by atoms with Crippen LogP contribution in [0.15, 0.2) is 192 Å². The second-order valence-electron chi connectivity index (χ2n) is 14.2. The molecule has 0 spiro atoms. The number of phenolic OH excluding ortho intramolecular Hbond substituents is 2. The Hall–Kier alpha value is -7.84. The molecule has 0 unspecified atom stereocenters. The quantitative estimate of drug-likeness (QED) is 0.103. The fourth-order valence-corrected chi connectivity index (χ4v) is 6.86. The topological polar surface area (TPSA) is 123 Å². The van der Waals surface area contributed by atoms with Crippen molar-refractivity contribution in [1.82, 2.24) is 10.6 Å². The van der Waals surface area contributed by atoms with E-state index in [1.165, 1.54) is 0 Å². The SMILES string of the molecule is C[C@@H](NC(=O)c1ccccc1N=Cc1c(O)ccc2ccccc12)c1ccccc1.C[C@H](NC(=O)c1ccccc1N=Cc1c(O)ccc2ccccc12)c1ccccc1. The average molecular weight is 789 g/mol. The van der Waals surface area contributed by atoms with Crippen molar-refractivity contribution in [3.63, 3.8) is 0 Å². The summed E-state index contributed by atoms with van der Waals surface area (Å²) in [6, 6.07) is 56.4. The molecule has 0 aliphatic carbocycles. The van der Waals surface area contributed by atoms with E-state index in [4.69, 9.17) is 0 Å². The molecule has 2 atom stereocenters. The molecule has 8 rings (SSSR count). The summed E-state index contributed by atoms with van der Waals surface area (Å²) >= 11 is 0. The first-order chi connectivity index (χ1) is 29.3. The van der Waals surface area contributed by atoms with Crippen LogP contribution in [0.1, 0.15) is 68.9 Å². The predicted molar refractivity (Wildman–Crippen MR) is 243 cm³/mol.